The van der Waals surface area contributed by atoms with Gasteiger partial charge >= 0.3 is 0 Å². The molecule has 3 atom stereocenters. The Hall–Kier alpha value is -0.610. The number of β-amino-alcohol motifs (C(OH)–C–C–N with tert-alkyl or cyclic N) is 1. The standard InChI is InChI=1S/C11H22N2O2/c1-4-8(2)7-13(3)11(15)10-5-9(14)6-12-10/h8-10,12,14H,4-7H2,1-3H3. The van der Waals surface area contributed by atoms with Crippen LogP contribution in [0.2, 0.25) is 0 Å². The molecule has 1 fully saturated rings. The molecule has 0 aromatic heterocycles. The van der Waals surface area contributed by atoms with Crippen LogP contribution in [0.5, 0.6) is 0 Å². The van der Waals surface area contributed by atoms with Crippen LogP contribution in [0, 0.1) is 5.92 Å². The Morgan fingerprint density at radius 3 is 2.80 bits per heavy atom. The lowest BCUT2D eigenvalue weighted by molar-refractivity contribution is -0.132. The first kappa shape index (κ1) is 12.5. The zero-order chi connectivity index (χ0) is 11.4. The van der Waals surface area contributed by atoms with Crippen molar-refractivity contribution >= 4 is 5.91 Å². The minimum absolute atomic E-state index is 0.104. The van der Waals surface area contributed by atoms with Crippen LogP contribution in [0.25, 0.3) is 0 Å². The summed E-state index contributed by atoms with van der Waals surface area (Å²) >= 11 is 0. The van der Waals surface area contributed by atoms with E-state index in [1.54, 1.807) is 4.90 Å². The van der Waals surface area contributed by atoms with Gasteiger partial charge in [-0.25, -0.2) is 0 Å². The molecule has 0 bridgehead atoms. The molecule has 1 rings (SSSR count). The number of hydrogen-bond donors (Lipinski definition) is 2. The number of carbonyl (C=O) groups excluding carboxylic acids is 1. The molecular formula is C11H22N2O2. The molecule has 0 spiro atoms. The Morgan fingerprint density at radius 2 is 2.33 bits per heavy atom. The number of carbonyl (C=O) groups is 1. The monoisotopic (exact) mass is 214 g/mol. The summed E-state index contributed by atoms with van der Waals surface area (Å²) in [6.07, 6.45) is 1.26. The fraction of sp³-hybridized carbons (Fsp3) is 0.909. The first-order valence-corrected chi connectivity index (χ1v) is 5.71. The highest BCUT2D eigenvalue weighted by molar-refractivity contribution is 5.82. The second-order valence-corrected chi connectivity index (χ2v) is 4.58. The lowest BCUT2D eigenvalue weighted by Crippen LogP contribution is -2.43. The van der Waals surface area contributed by atoms with Crippen molar-refractivity contribution < 1.29 is 9.90 Å². The Morgan fingerprint density at radius 1 is 1.67 bits per heavy atom. The molecule has 0 aliphatic carbocycles. The van der Waals surface area contributed by atoms with E-state index in [9.17, 15) is 9.90 Å². The van der Waals surface area contributed by atoms with Gasteiger partial charge in [0.2, 0.25) is 5.91 Å². The molecule has 4 heteroatoms. The Balaban J connectivity index is 2.39. The third-order valence-corrected chi connectivity index (χ3v) is 3.06. The average molecular weight is 214 g/mol. The number of aliphatic hydroxyl groups excluding tert-OH is 1. The molecule has 1 amide bonds. The predicted octanol–water partition coefficient (Wildman–Crippen LogP) is 0.214. The molecule has 0 aromatic rings. The van der Waals surface area contributed by atoms with Crippen LogP contribution in [-0.2, 0) is 4.79 Å². The maximum atomic E-state index is 11.9. The molecule has 15 heavy (non-hydrogen) atoms. The molecular weight excluding hydrogens is 192 g/mol. The summed E-state index contributed by atoms with van der Waals surface area (Å²) < 4.78 is 0. The normalized spacial score (nSPS) is 27.7. The third kappa shape index (κ3) is 3.47. The molecule has 2 N–H and O–H groups in total. The first-order chi connectivity index (χ1) is 7.04. The van der Waals surface area contributed by atoms with E-state index < -0.39 is 0 Å². The molecule has 0 aromatic carbocycles. The van der Waals surface area contributed by atoms with Gasteiger partial charge in [0.25, 0.3) is 0 Å². The van der Waals surface area contributed by atoms with Gasteiger partial charge in [-0.2, -0.15) is 0 Å². The van der Waals surface area contributed by atoms with Crippen molar-refractivity contribution in [3.05, 3.63) is 0 Å². The topological polar surface area (TPSA) is 52.6 Å². The Labute approximate surface area is 91.6 Å². The minimum Gasteiger partial charge on any atom is -0.392 e. The highest BCUT2D eigenvalue weighted by atomic mass is 16.3. The van der Waals surface area contributed by atoms with Gasteiger partial charge in [-0.1, -0.05) is 20.3 Å². The number of likely N-dealkylation sites (N-methyl/N-ethyl adjacent to an activating group) is 1. The van der Waals surface area contributed by atoms with Crippen LogP contribution in [0.4, 0.5) is 0 Å². The second-order valence-electron chi connectivity index (χ2n) is 4.58. The van der Waals surface area contributed by atoms with E-state index in [1.165, 1.54) is 0 Å². The smallest absolute Gasteiger partial charge is 0.239 e. The molecule has 1 saturated heterocycles. The summed E-state index contributed by atoms with van der Waals surface area (Å²) in [5, 5.41) is 12.4. The summed E-state index contributed by atoms with van der Waals surface area (Å²) in [5.74, 6) is 0.636. The number of hydrogen-bond acceptors (Lipinski definition) is 3. The van der Waals surface area contributed by atoms with E-state index in [2.05, 4.69) is 19.2 Å². The summed E-state index contributed by atoms with van der Waals surface area (Å²) in [4.78, 5) is 13.7. The van der Waals surface area contributed by atoms with Crippen LogP contribution in [0.1, 0.15) is 26.7 Å². The van der Waals surface area contributed by atoms with Gasteiger partial charge in [-0.05, 0) is 12.3 Å². The van der Waals surface area contributed by atoms with Gasteiger partial charge in [-0.3, -0.25) is 4.79 Å². The largest absolute Gasteiger partial charge is 0.392 e. The molecule has 1 heterocycles. The number of nitrogens with one attached hydrogen (secondary N) is 1. The van der Waals surface area contributed by atoms with E-state index in [0.717, 1.165) is 13.0 Å². The first-order valence-electron chi connectivity index (χ1n) is 5.71. The van der Waals surface area contributed by atoms with E-state index >= 15 is 0 Å². The quantitative estimate of drug-likeness (QED) is 0.703. The fourth-order valence-corrected chi connectivity index (χ4v) is 1.86. The maximum Gasteiger partial charge on any atom is 0.239 e. The van der Waals surface area contributed by atoms with Crippen molar-refractivity contribution in [3.8, 4) is 0 Å². The zero-order valence-electron chi connectivity index (χ0n) is 9.86. The summed E-state index contributed by atoms with van der Waals surface area (Å²) in [7, 11) is 1.83. The van der Waals surface area contributed by atoms with Gasteiger partial charge in [0, 0.05) is 20.1 Å². The maximum absolute atomic E-state index is 11.9. The van der Waals surface area contributed by atoms with E-state index in [-0.39, 0.29) is 18.1 Å². The van der Waals surface area contributed by atoms with Crippen LogP contribution in [0.15, 0.2) is 0 Å². The van der Waals surface area contributed by atoms with Crippen molar-refractivity contribution in [1.82, 2.24) is 10.2 Å². The van der Waals surface area contributed by atoms with Gasteiger partial charge < -0.3 is 15.3 Å². The molecule has 88 valence electrons. The summed E-state index contributed by atoms with van der Waals surface area (Å²) in [5.41, 5.74) is 0. The Kier molecular flexibility index (Phi) is 4.54. The van der Waals surface area contributed by atoms with Crippen molar-refractivity contribution in [1.29, 1.82) is 0 Å². The highest BCUT2D eigenvalue weighted by Gasteiger charge is 2.30. The lowest BCUT2D eigenvalue weighted by Gasteiger charge is -2.23. The Bertz CT molecular complexity index is 221. The van der Waals surface area contributed by atoms with Crippen LogP contribution >= 0.6 is 0 Å². The second kappa shape index (κ2) is 5.47. The molecule has 3 unspecified atom stereocenters. The minimum atomic E-state index is -0.365. The van der Waals surface area contributed by atoms with Crippen molar-refractivity contribution in [2.24, 2.45) is 5.92 Å². The predicted molar refractivity (Wildman–Crippen MR) is 59.5 cm³/mol. The van der Waals surface area contributed by atoms with Crippen LogP contribution in [0.3, 0.4) is 0 Å². The SMILES string of the molecule is CCC(C)CN(C)C(=O)C1CC(O)CN1. The molecule has 1 aliphatic rings. The van der Waals surface area contributed by atoms with E-state index in [4.69, 9.17) is 0 Å². The zero-order valence-corrected chi connectivity index (χ0v) is 9.86. The third-order valence-electron chi connectivity index (χ3n) is 3.06. The van der Waals surface area contributed by atoms with E-state index in [0.29, 0.717) is 18.9 Å². The van der Waals surface area contributed by atoms with Crippen molar-refractivity contribution in [3.63, 3.8) is 0 Å². The summed E-state index contributed by atoms with van der Waals surface area (Å²) in [6.45, 7) is 5.60. The number of amides is 1. The van der Waals surface area contributed by atoms with Crippen molar-refractivity contribution in [2.75, 3.05) is 20.1 Å². The van der Waals surface area contributed by atoms with E-state index in [1.807, 2.05) is 7.05 Å². The molecule has 0 radical (unpaired) electrons. The average Bonchev–Trinajstić information content (AvgIpc) is 2.63. The number of aliphatic hydroxyl groups is 1. The molecule has 0 saturated carbocycles. The molecule has 4 nitrogen and oxygen atoms in total. The number of nitrogens with zero attached hydrogens (tertiary/aromatic N) is 1. The number of rotatable bonds is 4. The molecule has 1 aliphatic heterocycles. The van der Waals surface area contributed by atoms with Crippen LogP contribution < -0.4 is 5.32 Å². The highest BCUT2D eigenvalue weighted by Crippen LogP contribution is 2.10. The lowest BCUT2D eigenvalue weighted by atomic mass is 10.1. The van der Waals surface area contributed by atoms with Crippen molar-refractivity contribution in [2.45, 2.75) is 38.8 Å². The summed E-state index contributed by atoms with van der Waals surface area (Å²) in [6, 6.07) is -0.186. The van der Waals surface area contributed by atoms with Gasteiger partial charge in [0.15, 0.2) is 0 Å². The van der Waals surface area contributed by atoms with Gasteiger partial charge in [-0.15, -0.1) is 0 Å². The van der Waals surface area contributed by atoms with Gasteiger partial charge in [0.1, 0.15) is 0 Å². The fourth-order valence-electron chi connectivity index (χ4n) is 1.86. The van der Waals surface area contributed by atoms with Gasteiger partial charge in [0.05, 0.1) is 12.1 Å². The van der Waals surface area contributed by atoms with Crippen LogP contribution in [-0.4, -0.2) is 48.2 Å².